The summed E-state index contributed by atoms with van der Waals surface area (Å²) in [5.41, 5.74) is 1.12. The molecule has 3 heterocycles. The average Bonchev–Trinajstić information content (AvgIpc) is 3.20. The van der Waals surface area contributed by atoms with Crippen molar-refractivity contribution < 1.29 is 9.18 Å². The number of hydrogen-bond acceptors (Lipinski definition) is 4. The van der Waals surface area contributed by atoms with Crippen molar-refractivity contribution >= 4 is 11.8 Å². The number of benzene rings is 1. The molecule has 1 aromatic carbocycles. The number of halogens is 1. The third kappa shape index (κ3) is 5.44. The molecule has 2 aliphatic heterocycles. The van der Waals surface area contributed by atoms with Gasteiger partial charge in [0.1, 0.15) is 11.6 Å². The van der Waals surface area contributed by atoms with Crippen molar-refractivity contribution in [2.24, 2.45) is 0 Å². The van der Waals surface area contributed by atoms with Crippen LogP contribution in [-0.4, -0.2) is 54.2 Å². The molecular weight excluding hydrogens is 369 g/mol. The molecule has 154 valence electrons. The first-order valence-corrected chi connectivity index (χ1v) is 10.4. The third-order valence-corrected chi connectivity index (χ3v) is 5.74. The Bertz CT molecular complexity index is 793. The molecule has 2 saturated heterocycles. The lowest BCUT2D eigenvalue weighted by atomic mass is 10.0. The molecule has 6 nitrogen and oxygen atoms in total. The van der Waals surface area contributed by atoms with E-state index in [0.717, 1.165) is 63.4 Å². The standard InChI is InChI=1S/C22H28FN5O/c23-18-6-4-17(5-7-18)15-27-12-8-19(9-13-27)25-22(29)26-20-10-14-28(16-20)21-3-1-2-11-24-21/h1-7,11,19-20H,8-10,12-16H2,(H2,25,26,29). The van der Waals surface area contributed by atoms with Crippen LogP contribution in [0.3, 0.4) is 0 Å². The molecule has 4 rings (SSSR count). The summed E-state index contributed by atoms with van der Waals surface area (Å²) < 4.78 is 13.0. The van der Waals surface area contributed by atoms with Gasteiger partial charge in [0.05, 0.1) is 0 Å². The van der Waals surface area contributed by atoms with Crippen LogP contribution in [-0.2, 0) is 6.54 Å². The Morgan fingerprint density at radius 2 is 1.72 bits per heavy atom. The van der Waals surface area contributed by atoms with Gasteiger partial charge in [0.2, 0.25) is 0 Å². The van der Waals surface area contributed by atoms with Gasteiger partial charge in [-0.2, -0.15) is 0 Å². The van der Waals surface area contributed by atoms with Gasteiger partial charge in [0.15, 0.2) is 0 Å². The molecule has 2 amide bonds. The highest BCUT2D eigenvalue weighted by Crippen LogP contribution is 2.18. The lowest BCUT2D eigenvalue weighted by molar-refractivity contribution is 0.186. The molecule has 1 unspecified atom stereocenters. The van der Waals surface area contributed by atoms with Crippen molar-refractivity contribution in [3.05, 3.63) is 60.0 Å². The minimum absolute atomic E-state index is 0.0742. The van der Waals surface area contributed by atoms with Crippen LogP contribution in [0.5, 0.6) is 0 Å². The van der Waals surface area contributed by atoms with E-state index in [9.17, 15) is 9.18 Å². The molecule has 0 bridgehead atoms. The number of carbonyl (C=O) groups excluding carboxylic acids is 1. The van der Waals surface area contributed by atoms with E-state index >= 15 is 0 Å². The van der Waals surface area contributed by atoms with Gasteiger partial charge in [-0.3, -0.25) is 4.90 Å². The van der Waals surface area contributed by atoms with Crippen LogP contribution >= 0.6 is 0 Å². The summed E-state index contributed by atoms with van der Waals surface area (Å²) >= 11 is 0. The molecule has 0 aliphatic carbocycles. The molecule has 0 radical (unpaired) electrons. The highest BCUT2D eigenvalue weighted by Gasteiger charge is 2.26. The Morgan fingerprint density at radius 1 is 1.00 bits per heavy atom. The first kappa shape index (κ1) is 19.6. The number of piperidine rings is 1. The number of carbonyl (C=O) groups is 1. The van der Waals surface area contributed by atoms with E-state index in [-0.39, 0.29) is 23.9 Å². The summed E-state index contributed by atoms with van der Waals surface area (Å²) in [4.78, 5) is 21.4. The number of likely N-dealkylation sites (tertiary alicyclic amines) is 1. The predicted molar refractivity (Wildman–Crippen MR) is 111 cm³/mol. The number of rotatable bonds is 5. The molecule has 0 spiro atoms. The van der Waals surface area contributed by atoms with Crippen molar-refractivity contribution in [2.75, 3.05) is 31.1 Å². The van der Waals surface area contributed by atoms with Gasteiger partial charge in [-0.15, -0.1) is 0 Å². The summed E-state index contributed by atoms with van der Waals surface area (Å²) in [7, 11) is 0. The summed E-state index contributed by atoms with van der Waals surface area (Å²) in [5, 5.41) is 6.25. The largest absolute Gasteiger partial charge is 0.354 e. The quantitative estimate of drug-likeness (QED) is 0.815. The van der Waals surface area contributed by atoms with E-state index in [4.69, 9.17) is 0 Å². The Kier molecular flexibility index (Phi) is 6.24. The number of nitrogens with one attached hydrogen (secondary N) is 2. The number of anilines is 1. The van der Waals surface area contributed by atoms with E-state index in [1.165, 1.54) is 12.1 Å². The number of nitrogens with zero attached hydrogens (tertiary/aromatic N) is 3. The van der Waals surface area contributed by atoms with Crippen molar-refractivity contribution in [2.45, 2.75) is 37.9 Å². The highest BCUT2D eigenvalue weighted by atomic mass is 19.1. The maximum atomic E-state index is 13.0. The Morgan fingerprint density at radius 3 is 2.45 bits per heavy atom. The fraction of sp³-hybridized carbons (Fsp3) is 0.455. The lowest BCUT2D eigenvalue weighted by Crippen LogP contribution is -2.50. The minimum atomic E-state index is -0.201. The predicted octanol–water partition coefficient (Wildman–Crippen LogP) is 2.76. The van der Waals surface area contributed by atoms with E-state index in [1.54, 1.807) is 6.20 Å². The normalized spacial score (nSPS) is 20.6. The zero-order valence-electron chi connectivity index (χ0n) is 16.6. The number of urea groups is 1. The second-order valence-corrected chi connectivity index (χ2v) is 7.91. The van der Waals surface area contributed by atoms with Gasteiger partial charge in [0, 0.05) is 51.0 Å². The van der Waals surface area contributed by atoms with Gasteiger partial charge in [-0.25, -0.2) is 14.2 Å². The fourth-order valence-electron chi connectivity index (χ4n) is 4.12. The molecule has 1 atom stereocenters. The van der Waals surface area contributed by atoms with Crippen LogP contribution in [0.2, 0.25) is 0 Å². The summed E-state index contributed by atoms with van der Waals surface area (Å²) in [6, 6.07) is 12.9. The molecule has 1 aromatic heterocycles. The summed E-state index contributed by atoms with van der Waals surface area (Å²) in [6.07, 6.45) is 4.59. The SMILES string of the molecule is O=C(NC1CCN(Cc2ccc(F)cc2)CC1)NC1CCN(c2ccccn2)C1. The molecule has 2 fully saturated rings. The monoisotopic (exact) mass is 397 g/mol. The van der Waals surface area contributed by atoms with Gasteiger partial charge < -0.3 is 15.5 Å². The average molecular weight is 397 g/mol. The Hall–Kier alpha value is -2.67. The van der Waals surface area contributed by atoms with E-state index in [0.29, 0.717) is 0 Å². The van der Waals surface area contributed by atoms with Crippen molar-refractivity contribution in [1.29, 1.82) is 0 Å². The van der Waals surface area contributed by atoms with Gasteiger partial charge in [-0.1, -0.05) is 18.2 Å². The number of pyridine rings is 1. The van der Waals surface area contributed by atoms with Crippen LogP contribution in [0.4, 0.5) is 15.0 Å². The third-order valence-electron chi connectivity index (χ3n) is 5.74. The number of hydrogen-bond donors (Lipinski definition) is 2. The molecule has 2 N–H and O–H groups in total. The fourth-order valence-corrected chi connectivity index (χ4v) is 4.12. The smallest absolute Gasteiger partial charge is 0.315 e. The van der Waals surface area contributed by atoms with Crippen LogP contribution in [0.15, 0.2) is 48.7 Å². The van der Waals surface area contributed by atoms with Crippen molar-refractivity contribution in [3.63, 3.8) is 0 Å². The maximum Gasteiger partial charge on any atom is 0.315 e. The van der Waals surface area contributed by atoms with Gasteiger partial charge in [0.25, 0.3) is 0 Å². The molecule has 7 heteroatoms. The second kappa shape index (κ2) is 9.22. The van der Waals surface area contributed by atoms with Crippen molar-refractivity contribution in [1.82, 2.24) is 20.5 Å². The maximum absolute atomic E-state index is 13.0. The zero-order chi connectivity index (χ0) is 20.1. The number of amides is 2. The Labute approximate surface area is 171 Å². The molecule has 2 aromatic rings. The van der Waals surface area contributed by atoms with E-state index in [2.05, 4.69) is 25.4 Å². The molecular formula is C22H28FN5O. The molecule has 2 aliphatic rings. The topological polar surface area (TPSA) is 60.5 Å². The van der Waals surface area contributed by atoms with Gasteiger partial charge in [-0.05, 0) is 49.1 Å². The van der Waals surface area contributed by atoms with Crippen LogP contribution in [0.1, 0.15) is 24.8 Å². The summed E-state index contributed by atoms with van der Waals surface area (Å²) in [5.74, 6) is 0.763. The number of aromatic nitrogens is 1. The van der Waals surface area contributed by atoms with Crippen LogP contribution in [0, 0.1) is 5.82 Å². The van der Waals surface area contributed by atoms with Gasteiger partial charge >= 0.3 is 6.03 Å². The lowest BCUT2D eigenvalue weighted by Gasteiger charge is -2.32. The van der Waals surface area contributed by atoms with Crippen LogP contribution < -0.4 is 15.5 Å². The van der Waals surface area contributed by atoms with E-state index < -0.39 is 0 Å². The summed E-state index contributed by atoms with van der Waals surface area (Å²) in [6.45, 7) is 4.38. The molecule has 29 heavy (non-hydrogen) atoms. The Balaban J connectivity index is 1.17. The zero-order valence-corrected chi connectivity index (χ0v) is 16.6. The first-order chi connectivity index (χ1) is 14.2. The second-order valence-electron chi connectivity index (χ2n) is 7.91. The minimum Gasteiger partial charge on any atom is -0.354 e. The van der Waals surface area contributed by atoms with Crippen molar-refractivity contribution in [3.8, 4) is 0 Å². The van der Waals surface area contributed by atoms with E-state index in [1.807, 2.05) is 30.3 Å². The highest BCUT2D eigenvalue weighted by molar-refractivity contribution is 5.74. The molecule has 0 saturated carbocycles. The first-order valence-electron chi connectivity index (χ1n) is 10.4. The van der Waals surface area contributed by atoms with Crippen LogP contribution in [0.25, 0.3) is 0 Å².